The van der Waals surface area contributed by atoms with Crippen molar-refractivity contribution in [1.29, 1.82) is 0 Å². The SMILES string of the molecule is CN1CCOc2cc(/C=C3\SC(=O)NC3=O)ccc21. The summed E-state index contributed by atoms with van der Waals surface area (Å²) in [6.07, 6.45) is 1.70. The molecule has 5 nitrogen and oxygen atoms in total. The largest absolute Gasteiger partial charge is 0.490 e. The second kappa shape index (κ2) is 4.62. The van der Waals surface area contributed by atoms with Crippen molar-refractivity contribution in [3.63, 3.8) is 0 Å². The number of imide groups is 1. The standard InChI is InChI=1S/C13H12N2O3S/c1-15-4-5-18-10-6-8(2-3-9(10)15)7-11-12(16)14-13(17)19-11/h2-3,6-7H,4-5H2,1H3,(H,14,16,17)/b11-7-. The summed E-state index contributed by atoms with van der Waals surface area (Å²) < 4.78 is 5.60. The van der Waals surface area contributed by atoms with Crippen LogP contribution in [0.4, 0.5) is 10.5 Å². The molecule has 0 aromatic heterocycles. The molecule has 0 aliphatic carbocycles. The van der Waals surface area contributed by atoms with E-state index in [1.807, 2.05) is 25.2 Å². The van der Waals surface area contributed by atoms with Gasteiger partial charge in [-0.25, -0.2) is 0 Å². The monoisotopic (exact) mass is 276 g/mol. The summed E-state index contributed by atoms with van der Waals surface area (Å²) in [5, 5.41) is 1.91. The van der Waals surface area contributed by atoms with E-state index in [0.29, 0.717) is 11.5 Å². The van der Waals surface area contributed by atoms with Crippen LogP contribution in [0, 0.1) is 0 Å². The summed E-state index contributed by atoms with van der Waals surface area (Å²) in [6, 6.07) is 5.75. The van der Waals surface area contributed by atoms with Gasteiger partial charge in [0.25, 0.3) is 11.1 Å². The number of carbonyl (C=O) groups is 2. The van der Waals surface area contributed by atoms with Crippen LogP contribution in [0.1, 0.15) is 5.56 Å². The minimum absolute atomic E-state index is 0.329. The fraction of sp³-hybridized carbons (Fsp3) is 0.231. The number of amides is 2. The van der Waals surface area contributed by atoms with E-state index in [1.54, 1.807) is 6.08 Å². The number of anilines is 1. The van der Waals surface area contributed by atoms with Gasteiger partial charge >= 0.3 is 0 Å². The Morgan fingerprint density at radius 3 is 3.00 bits per heavy atom. The molecular weight excluding hydrogens is 264 g/mol. The molecule has 1 fully saturated rings. The predicted octanol–water partition coefficient (Wildman–Crippen LogP) is 1.84. The third-order valence-corrected chi connectivity index (χ3v) is 3.83. The Bertz CT molecular complexity index is 598. The predicted molar refractivity (Wildman–Crippen MR) is 74.3 cm³/mol. The fourth-order valence-electron chi connectivity index (χ4n) is 2.04. The summed E-state index contributed by atoms with van der Waals surface area (Å²) in [6.45, 7) is 1.51. The van der Waals surface area contributed by atoms with Gasteiger partial charge in [-0.1, -0.05) is 6.07 Å². The number of ether oxygens (including phenoxy) is 1. The zero-order valence-corrected chi connectivity index (χ0v) is 11.1. The average Bonchev–Trinajstić information content (AvgIpc) is 2.68. The quantitative estimate of drug-likeness (QED) is 0.793. The lowest BCUT2D eigenvalue weighted by molar-refractivity contribution is -0.115. The second-order valence-electron chi connectivity index (χ2n) is 4.35. The highest BCUT2D eigenvalue weighted by atomic mass is 32.2. The van der Waals surface area contributed by atoms with Crippen LogP contribution in [0.25, 0.3) is 6.08 Å². The number of rotatable bonds is 1. The molecule has 2 amide bonds. The molecule has 2 aliphatic rings. The molecule has 19 heavy (non-hydrogen) atoms. The molecule has 0 spiro atoms. The number of benzene rings is 1. The summed E-state index contributed by atoms with van der Waals surface area (Å²) in [5.74, 6) is 0.462. The molecule has 0 saturated carbocycles. The van der Waals surface area contributed by atoms with Gasteiger partial charge in [-0.3, -0.25) is 14.9 Å². The summed E-state index contributed by atoms with van der Waals surface area (Å²) >= 11 is 0.917. The van der Waals surface area contributed by atoms with Crippen LogP contribution in [0.3, 0.4) is 0 Å². The van der Waals surface area contributed by atoms with Crippen LogP contribution in [-0.2, 0) is 4.79 Å². The van der Waals surface area contributed by atoms with E-state index in [0.717, 1.165) is 35.3 Å². The molecule has 1 saturated heterocycles. The lowest BCUT2D eigenvalue weighted by Gasteiger charge is -2.27. The fourth-order valence-corrected chi connectivity index (χ4v) is 2.72. The smallest absolute Gasteiger partial charge is 0.290 e. The molecule has 6 heteroatoms. The van der Waals surface area contributed by atoms with Crippen LogP contribution in [0.2, 0.25) is 0 Å². The van der Waals surface area contributed by atoms with Crippen LogP contribution in [0.15, 0.2) is 23.1 Å². The van der Waals surface area contributed by atoms with E-state index in [2.05, 4.69) is 10.2 Å². The van der Waals surface area contributed by atoms with Gasteiger partial charge in [-0.2, -0.15) is 0 Å². The molecule has 1 aromatic rings. The first kappa shape index (κ1) is 12.1. The first-order valence-electron chi connectivity index (χ1n) is 5.86. The molecule has 1 N–H and O–H groups in total. The molecule has 2 aliphatic heterocycles. The van der Waals surface area contributed by atoms with Crippen molar-refractivity contribution < 1.29 is 14.3 Å². The van der Waals surface area contributed by atoms with Gasteiger partial charge in [0.15, 0.2) is 0 Å². The zero-order chi connectivity index (χ0) is 13.4. The highest BCUT2D eigenvalue weighted by Gasteiger charge is 2.25. The Morgan fingerprint density at radius 2 is 2.26 bits per heavy atom. The van der Waals surface area contributed by atoms with Crippen LogP contribution in [0.5, 0.6) is 5.75 Å². The van der Waals surface area contributed by atoms with Crippen LogP contribution in [-0.4, -0.2) is 31.3 Å². The van der Waals surface area contributed by atoms with Crippen molar-refractivity contribution in [2.24, 2.45) is 0 Å². The number of hydrogen-bond donors (Lipinski definition) is 1. The third kappa shape index (κ3) is 2.31. The lowest BCUT2D eigenvalue weighted by Crippen LogP contribution is -2.28. The highest BCUT2D eigenvalue weighted by molar-refractivity contribution is 8.18. The summed E-state index contributed by atoms with van der Waals surface area (Å²) in [7, 11) is 2.01. The number of likely N-dealkylation sites (N-methyl/N-ethyl adjacent to an activating group) is 1. The van der Waals surface area contributed by atoms with Crippen molar-refractivity contribution in [1.82, 2.24) is 5.32 Å². The van der Waals surface area contributed by atoms with Crippen LogP contribution >= 0.6 is 11.8 Å². The van der Waals surface area contributed by atoms with Gasteiger partial charge in [0.2, 0.25) is 0 Å². The van der Waals surface area contributed by atoms with E-state index in [1.165, 1.54) is 0 Å². The Morgan fingerprint density at radius 1 is 1.42 bits per heavy atom. The number of carbonyl (C=O) groups excluding carboxylic acids is 2. The molecule has 2 heterocycles. The molecule has 98 valence electrons. The van der Waals surface area contributed by atoms with Crippen molar-refractivity contribution in [3.8, 4) is 5.75 Å². The maximum absolute atomic E-state index is 11.5. The minimum Gasteiger partial charge on any atom is -0.490 e. The first-order chi connectivity index (χ1) is 9.13. The molecule has 0 bridgehead atoms. The normalized spacial score (nSPS) is 20.3. The molecular formula is C13H12N2O3S. The Labute approximate surface area is 114 Å². The van der Waals surface area contributed by atoms with Gasteiger partial charge < -0.3 is 9.64 Å². The highest BCUT2D eigenvalue weighted by Crippen LogP contribution is 2.33. The summed E-state index contributed by atoms with van der Waals surface area (Å²) in [4.78, 5) is 25.1. The van der Waals surface area contributed by atoms with Crippen molar-refractivity contribution in [3.05, 3.63) is 28.7 Å². The topological polar surface area (TPSA) is 58.6 Å². The Kier molecular flexibility index (Phi) is 2.94. The zero-order valence-electron chi connectivity index (χ0n) is 10.3. The van der Waals surface area contributed by atoms with E-state index >= 15 is 0 Å². The van der Waals surface area contributed by atoms with Gasteiger partial charge in [0.05, 0.1) is 17.1 Å². The van der Waals surface area contributed by atoms with Crippen molar-refractivity contribution in [2.75, 3.05) is 25.1 Å². The maximum atomic E-state index is 11.5. The average molecular weight is 276 g/mol. The van der Waals surface area contributed by atoms with Gasteiger partial charge in [-0.15, -0.1) is 0 Å². The van der Waals surface area contributed by atoms with Crippen LogP contribution < -0.4 is 15.0 Å². The maximum Gasteiger partial charge on any atom is 0.290 e. The minimum atomic E-state index is -0.342. The number of fused-ring (bicyclic) bond motifs is 1. The lowest BCUT2D eigenvalue weighted by atomic mass is 10.1. The molecule has 0 radical (unpaired) electrons. The van der Waals surface area contributed by atoms with Crippen molar-refractivity contribution >= 4 is 34.7 Å². The van der Waals surface area contributed by atoms with E-state index in [-0.39, 0.29) is 11.1 Å². The van der Waals surface area contributed by atoms with Gasteiger partial charge in [0.1, 0.15) is 12.4 Å². The molecule has 0 atom stereocenters. The number of nitrogens with one attached hydrogen (secondary N) is 1. The Balaban J connectivity index is 1.93. The number of thioether (sulfide) groups is 1. The molecule has 3 rings (SSSR count). The number of hydrogen-bond acceptors (Lipinski definition) is 5. The Hall–Kier alpha value is -1.95. The number of nitrogens with zero attached hydrogens (tertiary/aromatic N) is 1. The van der Waals surface area contributed by atoms with E-state index < -0.39 is 0 Å². The van der Waals surface area contributed by atoms with Gasteiger partial charge in [-0.05, 0) is 35.5 Å². The van der Waals surface area contributed by atoms with Crippen molar-refractivity contribution in [2.45, 2.75) is 0 Å². The van der Waals surface area contributed by atoms with E-state index in [9.17, 15) is 9.59 Å². The van der Waals surface area contributed by atoms with Gasteiger partial charge in [0, 0.05) is 7.05 Å². The molecule has 0 unspecified atom stereocenters. The third-order valence-electron chi connectivity index (χ3n) is 3.02. The first-order valence-corrected chi connectivity index (χ1v) is 6.68. The van der Waals surface area contributed by atoms with E-state index in [4.69, 9.17) is 4.74 Å². The second-order valence-corrected chi connectivity index (χ2v) is 5.36. The summed E-state index contributed by atoms with van der Waals surface area (Å²) in [5.41, 5.74) is 1.88. The molecule has 1 aromatic carbocycles.